The van der Waals surface area contributed by atoms with E-state index in [-0.39, 0.29) is 5.56 Å². The van der Waals surface area contributed by atoms with Crippen molar-refractivity contribution in [2.45, 2.75) is 25.7 Å². The first-order valence-corrected chi connectivity index (χ1v) is 8.54. The van der Waals surface area contributed by atoms with Crippen molar-refractivity contribution in [1.29, 1.82) is 0 Å². The maximum atomic E-state index is 12.8. The van der Waals surface area contributed by atoms with Crippen LogP contribution in [0.2, 0.25) is 0 Å². The molecule has 21 heavy (non-hydrogen) atoms. The van der Waals surface area contributed by atoms with Crippen LogP contribution in [0, 0.1) is 0 Å². The van der Waals surface area contributed by atoms with Crippen LogP contribution in [-0.4, -0.2) is 35.7 Å². The first kappa shape index (κ1) is 13.3. The predicted octanol–water partition coefficient (Wildman–Crippen LogP) is 1.28. The van der Waals surface area contributed by atoms with Crippen molar-refractivity contribution < 1.29 is 0 Å². The number of hydrogen-bond acceptors (Lipinski definition) is 5. The fourth-order valence-electron chi connectivity index (χ4n) is 3.42. The van der Waals surface area contributed by atoms with Gasteiger partial charge in [0.25, 0.3) is 5.56 Å². The number of nitrogens with zero attached hydrogens (tertiary/aromatic N) is 3. The average Bonchev–Trinajstić information content (AvgIpc) is 2.90. The Hall–Kier alpha value is -1.40. The van der Waals surface area contributed by atoms with Crippen molar-refractivity contribution in [2.75, 3.05) is 31.1 Å². The molecule has 2 aromatic heterocycles. The molecule has 0 aromatic carbocycles. The molecule has 2 aliphatic rings. The summed E-state index contributed by atoms with van der Waals surface area (Å²) in [4.78, 5) is 22.2. The maximum Gasteiger partial charge on any atom is 0.263 e. The Kier molecular flexibility index (Phi) is 3.23. The number of thiophene rings is 1. The summed E-state index contributed by atoms with van der Waals surface area (Å²) in [6.07, 6.45) is 4.59. The molecular weight excluding hydrogens is 284 g/mol. The highest BCUT2D eigenvalue weighted by Gasteiger charge is 2.23. The molecule has 4 rings (SSSR count). The normalized spacial score (nSPS) is 19.0. The Balaban J connectivity index is 1.90. The van der Waals surface area contributed by atoms with E-state index in [4.69, 9.17) is 4.98 Å². The van der Waals surface area contributed by atoms with Crippen molar-refractivity contribution in [3.8, 4) is 0 Å². The number of aryl methyl sites for hydroxylation is 2. The molecule has 1 aliphatic carbocycles. The molecule has 0 spiro atoms. The molecule has 0 unspecified atom stereocenters. The van der Waals surface area contributed by atoms with Crippen molar-refractivity contribution in [2.24, 2.45) is 7.05 Å². The van der Waals surface area contributed by atoms with Gasteiger partial charge in [-0.25, -0.2) is 4.98 Å². The van der Waals surface area contributed by atoms with Gasteiger partial charge in [0.15, 0.2) is 0 Å². The van der Waals surface area contributed by atoms with Gasteiger partial charge in [-0.05, 0) is 31.2 Å². The lowest BCUT2D eigenvalue weighted by Gasteiger charge is -2.29. The summed E-state index contributed by atoms with van der Waals surface area (Å²) < 4.78 is 1.75. The summed E-state index contributed by atoms with van der Waals surface area (Å²) >= 11 is 1.73. The second kappa shape index (κ2) is 5.10. The standard InChI is InChI=1S/C15H20N4OS/c1-18-14(20)12-10-4-2-3-5-11(10)21-13(12)17-15(18)19-8-6-16-7-9-19/h16H,2-9H2,1H3. The van der Waals surface area contributed by atoms with Crippen LogP contribution < -0.4 is 15.8 Å². The Labute approximate surface area is 127 Å². The number of nitrogens with one attached hydrogen (secondary N) is 1. The number of rotatable bonds is 1. The van der Waals surface area contributed by atoms with Gasteiger partial charge in [-0.3, -0.25) is 9.36 Å². The number of anilines is 1. The van der Waals surface area contributed by atoms with E-state index in [0.717, 1.165) is 55.2 Å². The van der Waals surface area contributed by atoms with Gasteiger partial charge in [-0.15, -0.1) is 11.3 Å². The summed E-state index contributed by atoms with van der Waals surface area (Å²) in [5.41, 5.74) is 1.41. The van der Waals surface area contributed by atoms with Gasteiger partial charge in [0.2, 0.25) is 5.95 Å². The fraction of sp³-hybridized carbons (Fsp3) is 0.600. The molecule has 0 atom stereocenters. The van der Waals surface area contributed by atoms with E-state index in [2.05, 4.69) is 10.2 Å². The third-order valence-electron chi connectivity index (χ3n) is 4.57. The lowest BCUT2D eigenvalue weighted by atomic mass is 9.97. The number of hydrogen-bond donors (Lipinski definition) is 1. The van der Waals surface area contributed by atoms with E-state index in [0.29, 0.717) is 0 Å². The van der Waals surface area contributed by atoms with Crippen molar-refractivity contribution >= 4 is 27.5 Å². The van der Waals surface area contributed by atoms with Gasteiger partial charge in [-0.2, -0.15) is 0 Å². The average molecular weight is 304 g/mol. The van der Waals surface area contributed by atoms with Crippen LogP contribution in [-0.2, 0) is 19.9 Å². The van der Waals surface area contributed by atoms with E-state index in [1.807, 2.05) is 7.05 Å². The first-order chi connectivity index (χ1) is 10.3. The van der Waals surface area contributed by atoms with Gasteiger partial charge < -0.3 is 10.2 Å². The van der Waals surface area contributed by atoms with Gasteiger partial charge >= 0.3 is 0 Å². The summed E-state index contributed by atoms with van der Waals surface area (Å²) in [6.45, 7) is 3.73. The molecule has 0 saturated carbocycles. The first-order valence-electron chi connectivity index (χ1n) is 7.72. The molecule has 0 amide bonds. The van der Waals surface area contributed by atoms with Crippen LogP contribution in [0.1, 0.15) is 23.3 Å². The highest BCUT2D eigenvalue weighted by Crippen LogP contribution is 2.34. The van der Waals surface area contributed by atoms with Gasteiger partial charge in [-0.1, -0.05) is 0 Å². The summed E-state index contributed by atoms with van der Waals surface area (Å²) in [6, 6.07) is 0. The Morgan fingerprint density at radius 2 is 1.95 bits per heavy atom. The molecule has 0 radical (unpaired) electrons. The molecule has 3 heterocycles. The van der Waals surface area contributed by atoms with Gasteiger partial charge in [0.05, 0.1) is 5.39 Å². The minimum absolute atomic E-state index is 0.132. The molecule has 1 N–H and O–H groups in total. The van der Waals surface area contributed by atoms with E-state index >= 15 is 0 Å². The largest absolute Gasteiger partial charge is 0.340 e. The van der Waals surface area contributed by atoms with E-state index in [1.165, 1.54) is 23.3 Å². The molecule has 0 bridgehead atoms. The van der Waals surface area contributed by atoms with Crippen molar-refractivity contribution in [3.05, 3.63) is 20.8 Å². The molecule has 5 nitrogen and oxygen atoms in total. The lowest BCUT2D eigenvalue weighted by molar-refractivity contribution is 0.570. The highest BCUT2D eigenvalue weighted by atomic mass is 32.1. The van der Waals surface area contributed by atoms with Crippen molar-refractivity contribution in [1.82, 2.24) is 14.9 Å². The fourth-order valence-corrected chi connectivity index (χ4v) is 4.67. The zero-order chi connectivity index (χ0) is 14.4. The van der Waals surface area contributed by atoms with E-state index < -0.39 is 0 Å². The molecule has 1 aliphatic heterocycles. The monoisotopic (exact) mass is 304 g/mol. The summed E-state index contributed by atoms with van der Waals surface area (Å²) in [5.74, 6) is 0.826. The molecular formula is C15H20N4OS. The Bertz CT molecular complexity index is 742. The number of aromatic nitrogens is 2. The van der Waals surface area contributed by atoms with Crippen LogP contribution in [0.5, 0.6) is 0 Å². The zero-order valence-corrected chi connectivity index (χ0v) is 13.1. The molecule has 1 fully saturated rings. The van der Waals surface area contributed by atoms with Crippen LogP contribution in [0.4, 0.5) is 5.95 Å². The van der Waals surface area contributed by atoms with E-state index in [1.54, 1.807) is 15.9 Å². The zero-order valence-electron chi connectivity index (χ0n) is 12.3. The van der Waals surface area contributed by atoms with Gasteiger partial charge in [0, 0.05) is 38.1 Å². The minimum atomic E-state index is 0.132. The molecule has 2 aromatic rings. The molecule has 112 valence electrons. The second-order valence-electron chi connectivity index (χ2n) is 5.90. The maximum absolute atomic E-state index is 12.8. The second-order valence-corrected chi connectivity index (χ2v) is 6.99. The lowest BCUT2D eigenvalue weighted by Crippen LogP contribution is -2.45. The quantitative estimate of drug-likeness (QED) is 0.862. The SMILES string of the molecule is Cn1c(N2CCNCC2)nc2sc3c(c2c1=O)CCCC3. The Morgan fingerprint density at radius 1 is 1.19 bits per heavy atom. The topological polar surface area (TPSA) is 50.2 Å². The molecule has 1 saturated heterocycles. The van der Waals surface area contributed by atoms with Crippen molar-refractivity contribution in [3.63, 3.8) is 0 Å². The smallest absolute Gasteiger partial charge is 0.263 e. The number of fused-ring (bicyclic) bond motifs is 3. The summed E-state index contributed by atoms with van der Waals surface area (Å²) in [7, 11) is 1.86. The number of piperazine rings is 1. The third kappa shape index (κ3) is 2.08. The van der Waals surface area contributed by atoms with Crippen LogP contribution in [0.3, 0.4) is 0 Å². The minimum Gasteiger partial charge on any atom is -0.340 e. The molecule has 6 heteroatoms. The van der Waals surface area contributed by atoms with Crippen LogP contribution >= 0.6 is 11.3 Å². The predicted molar refractivity (Wildman–Crippen MR) is 86.6 cm³/mol. The van der Waals surface area contributed by atoms with E-state index in [9.17, 15) is 4.79 Å². The summed E-state index contributed by atoms with van der Waals surface area (Å²) in [5, 5.41) is 4.23. The highest BCUT2D eigenvalue weighted by molar-refractivity contribution is 7.18. The third-order valence-corrected chi connectivity index (χ3v) is 5.76. The van der Waals surface area contributed by atoms with Crippen LogP contribution in [0.25, 0.3) is 10.2 Å². The van der Waals surface area contributed by atoms with Gasteiger partial charge in [0.1, 0.15) is 4.83 Å². The Morgan fingerprint density at radius 3 is 2.76 bits per heavy atom. The van der Waals surface area contributed by atoms with Crippen LogP contribution in [0.15, 0.2) is 4.79 Å².